The molecule has 0 aliphatic carbocycles. The van der Waals surface area contributed by atoms with Gasteiger partial charge in [-0.1, -0.05) is 0 Å². The van der Waals surface area contributed by atoms with Gasteiger partial charge in [0.25, 0.3) is 10.0 Å². The number of hydrogen-bond donors (Lipinski definition) is 0. The molecule has 0 radical (unpaired) electrons. The number of halogens is 1. The Morgan fingerprint density at radius 3 is 2.45 bits per heavy atom. The van der Waals surface area contributed by atoms with Crippen molar-refractivity contribution in [2.45, 2.75) is 10.1 Å². The summed E-state index contributed by atoms with van der Waals surface area (Å²) >= 11 is 6.88. The van der Waals surface area contributed by atoms with Gasteiger partial charge in [0.2, 0.25) is 0 Å². The van der Waals surface area contributed by atoms with E-state index in [-0.39, 0.29) is 4.21 Å². The molecule has 0 unspecified atom stereocenters. The van der Waals surface area contributed by atoms with Crippen LogP contribution < -0.4 is 9.04 Å². The van der Waals surface area contributed by atoms with Gasteiger partial charge in [-0.3, -0.25) is 4.31 Å². The fraction of sp³-hybridized carbons (Fsp3) is 0.231. The van der Waals surface area contributed by atoms with E-state index in [0.717, 1.165) is 5.56 Å². The molecular weight excluding hydrogens is 318 g/mol. The minimum atomic E-state index is -3.55. The third kappa shape index (κ3) is 2.92. The first kappa shape index (κ1) is 15.2. The van der Waals surface area contributed by atoms with Gasteiger partial charge >= 0.3 is 0 Å². The van der Waals surface area contributed by atoms with Crippen LogP contribution >= 0.6 is 22.9 Å². The molecule has 0 N–H and O–H groups in total. The van der Waals surface area contributed by atoms with Gasteiger partial charge in [-0.05, 0) is 41.3 Å². The second-order valence-electron chi connectivity index (χ2n) is 4.08. The maximum atomic E-state index is 12.5. The van der Waals surface area contributed by atoms with Crippen molar-refractivity contribution < 1.29 is 13.2 Å². The van der Waals surface area contributed by atoms with Gasteiger partial charge in [0.05, 0.1) is 12.8 Å². The normalized spacial score (nSPS) is 11.3. The van der Waals surface area contributed by atoms with Gasteiger partial charge < -0.3 is 4.74 Å². The van der Waals surface area contributed by atoms with Crippen LogP contribution in [-0.2, 0) is 15.9 Å². The smallest absolute Gasteiger partial charge is 0.273 e. The Morgan fingerprint density at radius 1 is 1.30 bits per heavy atom. The second-order valence-corrected chi connectivity index (χ2v) is 7.45. The van der Waals surface area contributed by atoms with Crippen LogP contribution in [0.3, 0.4) is 0 Å². The second kappa shape index (κ2) is 6.03. The third-order valence-corrected chi connectivity index (χ3v) is 6.39. The van der Waals surface area contributed by atoms with Gasteiger partial charge in [-0.15, -0.1) is 22.9 Å². The van der Waals surface area contributed by atoms with Crippen molar-refractivity contribution in [3.8, 4) is 5.75 Å². The van der Waals surface area contributed by atoms with Crippen molar-refractivity contribution in [3.63, 3.8) is 0 Å². The fourth-order valence-electron chi connectivity index (χ4n) is 1.62. The lowest BCUT2D eigenvalue weighted by Crippen LogP contribution is -2.25. The third-order valence-electron chi connectivity index (χ3n) is 2.83. The van der Waals surface area contributed by atoms with Crippen LogP contribution in [0.15, 0.2) is 39.9 Å². The summed E-state index contributed by atoms with van der Waals surface area (Å²) in [6.45, 7) is 0. The molecule has 20 heavy (non-hydrogen) atoms. The number of sulfonamides is 1. The molecule has 0 bridgehead atoms. The zero-order valence-corrected chi connectivity index (χ0v) is 13.4. The first-order valence-electron chi connectivity index (χ1n) is 5.75. The number of benzene rings is 1. The molecule has 2 aromatic rings. The molecule has 7 heteroatoms. The molecule has 0 amide bonds. The van der Waals surface area contributed by atoms with E-state index in [1.807, 2.05) is 0 Å². The maximum absolute atomic E-state index is 12.5. The number of thiophene rings is 1. The minimum absolute atomic E-state index is 0.284. The van der Waals surface area contributed by atoms with Crippen LogP contribution in [0.4, 0.5) is 5.69 Å². The average molecular weight is 332 g/mol. The fourth-order valence-corrected chi connectivity index (χ4v) is 4.44. The van der Waals surface area contributed by atoms with E-state index < -0.39 is 10.0 Å². The minimum Gasteiger partial charge on any atom is -0.497 e. The molecule has 2 rings (SSSR count). The molecule has 0 aliphatic rings. The molecule has 1 aromatic heterocycles. The summed E-state index contributed by atoms with van der Waals surface area (Å²) in [5, 5.41) is 1.75. The Labute approximate surface area is 127 Å². The number of anilines is 1. The van der Waals surface area contributed by atoms with Crippen LogP contribution in [0, 0.1) is 0 Å². The van der Waals surface area contributed by atoms with Gasteiger partial charge in [0.15, 0.2) is 0 Å². The van der Waals surface area contributed by atoms with Gasteiger partial charge in [-0.2, -0.15) is 0 Å². The average Bonchev–Trinajstić information content (AvgIpc) is 2.96. The number of ether oxygens (including phenoxy) is 1. The van der Waals surface area contributed by atoms with Crippen molar-refractivity contribution in [3.05, 3.63) is 41.3 Å². The van der Waals surface area contributed by atoms with Gasteiger partial charge in [0.1, 0.15) is 9.96 Å². The summed E-state index contributed by atoms with van der Waals surface area (Å²) in [6, 6.07) is 8.45. The molecule has 4 nitrogen and oxygen atoms in total. The Kier molecular flexibility index (Phi) is 4.57. The molecule has 0 atom stereocenters. The zero-order valence-electron chi connectivity index (χ0n) is 11.0. The monoisotopic (exact) mass is 331 g/mol. The van der Waals surface area contributed by atoms with Crippen LogP contribution in [0.1, 0.15) is 5.56 Å². The molecule has 108 valence electrons. The number of nitrogens with zero attached hydrogens (tertiary/aromatic N) is 1. The van der Waals surface area contributed by atoms with Crippen LogP contribution in [0.5, 0.6) is 5.75 Å². The highest BCUT2D eigenvalue weighted by molar-refractivity contribution is 7.94. The zero-order chi connectivity index (χ0) is 14.8. The van der Waals surface area contributed by atoms with Crippen molar-refractivity contribution in [1.82, 2.24) is 0 Å². The summed E-state index contributed by atoms with van der Waals surface area (Å²) < 4.78 is 31.5. The largest absolute Gasteiger partial charge is 0.497 e. The molecule has 0 fully saturated rings. The van der Waals surface area contributed by atoms with Crippen molar-refractivity contribution in [2.24, 2.45) is 0 Å². The van der Waals surface area contributed by atoms with E-state index in [4.69, 9.17) is 16.3 Å². The van der Waals surface area contributed by atoms with Crippen molar-refractivity contribution in [2.75, 3.05) is 18.5 Å². The van der Waals surface area contributed by atoms with Gasteiger partial charge in [0, 0.05) is 12.9 Å². The van der Waals surface area contributed by atoms with Crippen LogP contribution in [-0.4, -0.2) is 22.6 Å². The lowest BCUT2D eigenvalue weighted by Gasteiger charge is -2.18. The highest BCUT2D eigenvalue weighted by atomic mass is 35.5. The lowest BCUT2D eigenvalue weighted by molar-refractivity contribution is 0.415. The van der Waals surface area contributed by atoms with E-state index in [1.54, 1.807) is 42.8 Å². The predicted molar refractivity (Wildman–Crippen MR) is 82.5 cm³/mol. The molecule has 1 heterocycles. The molecule has 1 aromatic carbocycles. The maximum Gasteiger partial charge on any atom is 0.273 e. The summed E-state index contributed by atoms with van der Waals surface area (Å²) in [4.78, 5) is 0. The predicted octanol–water partition coefficient (Wildman–Crippen LogP) is 3.32. The lowest BCUT2D eigenvalue weighted by atomic mass is 10.3. The van der Waals surface area contributed by atoms with E-state index in [1.165, 1.54) is 22.7 Å². The highest BCUT2D eigenvalue weighted by Gasteiger charge is 2.23. The Balaban J connectivity index is 2.32. The summed E-state index contributed by atoms with van der Waals surface area (Å²) in [7, 11) is -0.459. The van der Waals surface area contributed by atoms with E-state index in [0.29, 0.717) is 17.3 Å². The molecule has 0 spiro atoms. The van der Waals surface area contributed by atoms with Crippen molar-refractivity contribution in [1.29, 1.82) is 0 Å². The number of alkyl halides is 1. The van der Waals surface area contributed by atoms with Gasteiger partial charge in [-0.25, -0.2) is 8.42 Å². The van der Waals surface area contributed by atoms with E-state index in [2.05, 4.69) is 0 Å². The topological polar surface area (TPSA) is 46.6 Å². The number of rotatable bonds is 5. The summed E-state index contributed by atoms with van der Waals surface area (Å²) in [5.41, 5.74) is 1.38. The molecule has 0 aliphatic heterocycles. The summed E-state index contributed by atoms with van der Waals surface area (Å²) in [5.74, 6) is 0.984. The van der Waals surface area contributed by atoms with Crippen LogP contribution in [0.2, 0.25) is 0 Å². The van der Waals surface area contributed by atoms with E-state index in [9.17, 15) is 8.42 Å². The Hall–Kier alpha value is -1.24. The first-order chi connectivity index (χ1) is 9.48. The first-order valence-corrected chi connectivity index (χ1v) is 8.61. The Bertz CT molecular complexity index is 680. The van der Waals surface area contributed by atoms with E-state index >= 15 is 0 Å². The number of hydrogen-bond acceptors (Lipinski definition) is 4. The quantitative estimate of drug-likeness (QED) is 0.790. The SMILES string of the molecule is COc1ccc(N(C)S(=O)(=O)c2cc(CCl)cs2)cc1. The Morgan fingerprint density at radius 2 is 1.95 bits per heavy atom. The van der Waals surface area contributed by atoms with Crippen molar-refractivity contribution >= 4 is 38.6 Å². The molecule has 0 saturated heterocycles. The summed E-state index contributed by atoms with van der Waals surface area (Å²) in [6.07, 6.45) is 0. The standard InChI is InChI=1S/C13H14ClNO3S2/c1-15(11-3-5-12(18-2)6-4-11)20(16,17)13-7-10(8-14)9-19-13/h3-7,9H,8H2,1-2H3. The molecule has 0 saturated carbocycles. The van der Waals surface area contributed by atoms with Crippen LogP contribution in [0.25, 0.3) is 0 Å². The number of methoxy groups -OCH3 is 1. The highest BCUT2D eigenvalue weighted by Crippen LogP contribution is 2.28. The molecular formula is C13H14ClNO3S2.